The van der Waals surface area contributed by atoms with Crippen LogP contribution in [0.4, 0.5) is 5.69 Å². The number of nitrogens with zero attached hydrogens (tertiary/aromatic N) is 2. The first kappa shape index (κ1) is 16.7. The molecule has 1 N–H and O–H groups in total. The fourth-order valence-corrected chi connectivity index (χ4v) is 4.50. The molecule has 0 bridgehead atoms. The number of piperazine rings is 1. The molecule has 2 heterocycles. The van der Waals surface area contributed by atoms with Gasteiger partial charge in [0.05, 0.1) is 0 Å². The molecule has 0 aromatic heterocycles. The van der Waals surface area contributed by atoms with Gasteiger partial charge in [0, 0.05) is 31.9 Å². The van der Waals surface area contributed by atoms with Crippen molar-refractivity contribution in [1.29, 1.82) is 0 Å². The minimum Gasteiger partial charge on any atom is -0.380 e. The van der Waals surface area contributed by atoms with Crippen molar-refractivity contribution in [2.75, 3.05) is 42.6 Å². The van der Waals surface area contributed by atoms with Crippen molar-refractivity contribution in [1.82, 2.24) is 4.90 Å². The summed E-state index contributed by atoms with van der Waals surface area (Å²) in [4.78, 5) is 16.8. The second kappa shape index (κ2) is 7.14. The van der Waals surface area contributed by atoms with E-state index in [9.17, 15) is 9.90 Å². The molecule has 23 heavy (non-hydrogen) atoms. The van der Waals surface area contributed by atoms with E-state index in [-0.39, 0.29) is 5.91 Å². The summed E-state index contributed by atoms with van der Waals surface area (Å²) in [5.41, 5.74) is 1.46. The maximum absolute atomic E-state index is 12.6. The average Bonchev–Trinajstić information content (AvgIpc) is 2.62. The summed E-state index contributed by atoms with van der Waals surface area (Å²) >= 11 is 1.82. The van der Waals surface area contributed by atoms with E-state index < -0.39 is 5.60 Å². The Labute approximate surface area is 142 Å². The van der Waals surface area contributed by atoms with Crippen molar-refractivity contribution < 1.29 is 9.90 Å². The second-order valence-electron chi connectivity index (χ2n) is 6.44. The van der Waals surface area contributed by atoms with Gasteiger partial charge in [-0.2, -0.15) is 11.8 Å². The molecule has 5 heteroatoms. The third-order valence-corrected chi connectivity index (χ3v) is 5.98. The number of anilines is 1. The predicted molar refractivity (Wildman–Crippen MR) is 96.1 cm³/mol. The van der Waals surface area contributed by atoms with Gasteiger partial charge in [-0.1, -0.05) is 19.1 Å². The van der Waals surface area contributed by atoms with Crippen molar-refractivity contribution >= 4 is 23.4 Å². The molecule has 1 aromatic rings. The largest absolute Gasteiger partial charge is 0.380 e. The molecule has 1 aromatic carbocycles. The zero-order valence-electron chi connectivity index (χ0n) is 13.8. The highest BCUT2D eigenvalue weighted by Crippen LogP contribution is 2.29. The number of thioether (sulfide) groups is 1. The van der Waals surface area contributed by atoms with Crippen LogP contribution in [0.3, 0.4) is 0 Å². The zero-order chi connectivity index (χ0) is 16.3. The van der Waals surface area contributed by atoms with Gasteiger partial charge in [-0.15, -0.1) is 0 Å². The van der Waals surface area contributed by atoms with E-state index in [1.807, 2.05) is 16.7 Å². The number of hydrogen-bond donors (Lipinski definition) is 1. The minimum absolute atomic E-state index is 0.0567. The van der Waals surface area contributed by atoms with Crippen molar-refractivity contribution in [2.45, 2.75) is 31.8 Å². The van der Waals surface area contributed by atoms with Crippen molar-refractivity contribution in [2.24, 2.45) is 0 Å². The molecular weight excluding hydrogens is 308 g/mol. The van der Waals surface area contributed by atoms with Gasteiger partial charge in [0.25, 0.3) is 5.91 Å². The van der Waals surface area contributed by atoms with E-state index >= 15 is 0 Å². The Bertz CT molecular complexity index is 532. The molecular formula is C18H26N2O2S. The Morgan fingerprint density at radius 1 is 1.13 bits per heavy atom. The number of carbonyl (C=O) groups excluding carboxylic acids is 1. The van der Waals surface area contributed by atoms with E-state index in [4.69, 9.17) is 0 Å². The summed E-state index contributed by atoms with van der Waals surface area (Å²) < 4.78 is 0. The molecule has 2 saturated heterocycles. The van der Waals surface area contributed by atoms with Crippen LogP contribution in [0.25, 0.3) is 0 Å². The molecule has 1 amide bonds. The average molecular weight is 334 g/mol. The van der Waals surface area contributed by atoms with Crippen LogP contribution >= 0.6 is 11.8 Å². The number of carbonyl (C=O) groups is 1. The highest BCUT2D eigenvalue weighted by molar-refractivity contribution is 7.99. The molecule has 3 rings (SSSR count). The van der Waals surface area contributed by atoms with E-state index in [1.165, 1.54) is 11.3 Å². The maximum Gasteiger partial charge on any atom is 0.254 e. The molecule has 2 fully saturated rings. The van der Waals surface area contributed by atoms with Gasteiger partial charge < -0.3 is 14.9 Å². The third kappa shape index (κ3) is 3.66. The Kier molecular flexibility index (Phi) is 5.17. The summed E-state index contributed by atoms with van der Waals surface area (Å²) in [6.45, 7) is 5.23. The molecule has 0 spiro atoms. The quantitative estimate of drug-likeness (QED) is 0.920. The van der Waals surface area contributed by atoms with Gasteiger partial charge in [-0.05, 0) is 48.5 Å². The van der Waals surface area contributed by atoms with Crippen molar-refractivity contribution in [3.63, 3.8) is 0 Å². The standard InChI is InChI=1S/C18H26N2O2S/c1-2-15-3-5-16(6-4-15)19-9-11-20(12-10-19)17(21)18(22)7-13-23-14-8-18/h3-6,22H,2,7-14H2,1H3. The molecule has 0 radical (unpaired) electrons. The first-order valence-electron chi connectivity index (χ1n) is 8.56. The zero-order valence-corrected chi connectivity index (χ0v) is 14.6. The Morgan fingerprint density at radius 3 is 2.30 bits per heavy atom. The molecule has 0 saturated carbocycles. The summed E-state index contributed by atoms with van der Waals surface area (Å²) in [6, 6.07) is 8.69. The highest BCUT2D eigenvalue weighted by Gasteiger charge is 2.40. The molecule has 4 nitrogen and oxygen atoms in total. The lowest BCUT2D eigenvalue weighted by Crippen LogP contribution is -2.56. The molecule has 2 aliphatic heterocycles. The van der Waals surface area contributed by atoms with E-state index in [0.29, 0.717) is 25.9 Å². The maximum atomic E-state index is 12.6. The van der Waals surface area contributed by atoms with Gasteiger partial charge in [0.1, 0.15) is 5.60 Å². The van der Waals surface area contributed by atoms with Gasteiger partial charge in [0.15, 0.2) is 0 Å². The number of benzene rings is 1. The Balaban J connectivity index is 1.58. The Hall–Kier alpha value is -1.20. The third-order valence-electron chi connectivity index (χ3n) is 4.99. The minimum atomic E-state index is -1.11. The monoisotopic (exact) mass is 334 g/mol. The smallest absolute Gasteiger partial charge is 0.254 e. The second-order valence-corrected chi connectivity index (χ2v) is 7.67. The van der Waals surface area contributed by atoms with E-state index in [0.717, 1.165) is 31.0 Å². The molecule has 126 valence electrons. The van der Waals surface area contributed by atoms with Crippen LogP contribution in [0.5, 0.6) is 0 Å². The van der Waals surface area contributed by atoms with Crippen LogP contribution in [-0.2, 0) is 11.2 Å². The van der Waals surface area contributed by atoms with Crippen LogP contribution in [0.15, 0.2) is 24.3 Å². The fraction of sp³-hybridized carbons (Fsp3) is 0.611. The van der Waals surface area contributed by atoms with Crippen LogP contribution in [0.1, 0.15) is 25.3 Å². The summed E-state index contributed by atoms with van der Waals surface area (Å²) in [5, 5.41) is 10.6. The fourth-order valence-electron chi connectivity index (χ4n) is 3.33. The van der Waals surface area contributed by atoms with E-state index in [1.54, 1.807) is 0 Å². The summed E-state index contributed by atoms with van der Waals surface area (Å²) in [5.74, 6) is 1.71. The van der Waals surface area contributed by atoms with Crippen LogP contribution in [0.2, 0.25) is 0 Å². The highest BCUT2D eigenvalue weighted by atomic mass is 32.2. The topological polar surface area (TPSA) is 43.8 Å². The SMILES string of the molecule is CCc1ccc(N2CCN(C(=O)C3(O)CCSCC3)CC2)cc1. The molecule has 2 aliphatic rings. The Morgan fingerprint density at radius 2 is 1.74 bits per heavy atom. The van der Waals surface area contributed by atoms with Gasteiger partial charge >= 0.3 is 0 Å². The van der Waals surface area contributed by atoms with Gasteiger partial charge in [-0.25, -0.2) is 0 Å². The summed E-state index contributed by atoms with van der Waals surface area (Å²) in [6.07, 6.45) is 2.24. The lowest BCUT2D eigenvalue weighted by molar-refractivity contribution is -0.152. The van der Waals surface area contributed by atoms with Crippen LogP contribution in [0, 0.1) is 0 Å². The van der Waals surface area contributed by atoms with E-state index in [2.05, 4.69) is 36.1 Å². The summed E-state index contributed by atoms with van der Waals surface area (Å²) in [7, 11) is 0. The number of amides is 1. The van der Waals surface area contributed by atoms with Gasteiger partial charge in [-0.3, -0.25) is 4.79 Å². The van der Waals surface area contributed by atoms with Crippen LogP contribution < -0.4 is 4.90 Å². The lowest BCUT2D eigenvalue weighted by atomic mass is 9.94. The first-order chi connectivity index (χ1) is 11.1. The van der Waals surface area contributed by atoms with Gasteiger partial charge in [0.2, 0.25) is 0 Å². The molecule has 0 unspecified atom stereocenters. The predicted octanol–water partition coefficient (Wildman–Crippen LogP) is 2.16. The van der Waals surface area contributed by atoms with Crippen molar-refractivity contribution in [3.05, 3.63) is 29.8 Å². The number of rotatable bonds is 3. The first-order valence-corrected chi connectivity index (χ1v) is 9.71. The number of aliphatic hydroxyl groups is 1. The number of aryl methyl sites for hydroxylation is 1. The normalized spacial score (nSPS) is 21.3. The molecule has 0 aliphatic carbocycles. The lowest BCUT2D eigenvalue weighted by Gasteiger charge is -2.41. The van der Waals surface area contributed by atoms with Crippen LogP contribution in [-0.4, -0.2) is 59.2 Å². The molecule has 0 atom stereocenters. The number of hydrogen-bond acceptors (Lipinski definition) is 4. The van der Waals surface area contributed by atoms with Crippen molar-refractivity contribution in [3.8, 4) is 0 Å².